The molecule has 0 saturated heterocycles. The second-order valence-corrected chi connectivity index (χ2v) is 2.68. The van der Waals surface area contributed by atoms with Gasteiger partial charge in [-0.05, 0) is 18.7 Å². The summed E-state index contributed by atoms with van der Waals surface area (Å²) in [6, 6.07) is 9.26. The van der Waals surface area contributed by atoms with Gasteiger partial charge in [-0.25, -0.2) is 0 Å². The molecular formula is C10H13NO2. The molecule has 0 aromatic heterocycles. The predicted molar refractivity (Wildman–Crippen MR) is 50.6 cm³/mol. The number of ether oxygens (including phenoxy) is 1. The van der Waals surface area contributed by atoms with Gasteiger partial charge in [0.25, 0.3) is 0 Å². The maximum atomic E-state index is 11.0. The highest BCUT2D eigenvalue weighted by Crippen LogP contribution is 2.07. The Morgan fingerprint density at radius 2 is 2.00 bits per heavy atom. The van der Waals surface area contributed by atoms with Crippen molar-refractivity contribution in [2.24, 2.45) is 5.73 Å². The van der Waals surface area contributed by atoms with Gasteiger partial charge < -0.3 is 10.5 Å². The Morgan fingerprint density at radius 3 is 2.62 bits per heavy atom. The Balaban J connectivity index is 2.31. The normalized spacial score (nSPS) is 9.62. The summed E-state index contributed by atoms with van der Waals surface area (Å²) in [5.74, 6) is 0.749. The number of hydrogen-bond acceptors (Lipinski definition) is 3. The average molecular weight is 179 g/mol. The summed E-state index contributed by atoms with van der Waals surface area (Å²) in [5, 5.41) is 0. The Hall–Kier alpha value is -1.35. The van der Waals surface area contributed by atoms with Crippen LogP contribution in [0.4, 0.5) is 0 Å². The van der Waals surface area contributed by atoms with Crippen LogP contribution in [-0.4, -0.2) is 18.9 Å². The molecule has 70 valence electrons. The molecule has 13 heavy (non-hydrogen) atoms. The molecule has 3 nitrogen and oxygen atoms in total. The molecule has 0 aliphatic heterocycles. The van der Waals surface area contributed by atoms with E-state index in [1.165, 1.54) is 0 Å². The molecule has 0 spiro atoms. The first-order chi connectivity index (χ1) is 6.33. The van der Waals surface area contributed by atoms with Crippen molar-refractivity contribution < 1.29 is 9.53 Å². The maximum absolute atomic E-state index is 11.0. The third-order valence-electron chi connectivity index (χ3n) is 1.57. The van der Waals surface area contributed by atoms with E-state index in [0.717, 1.165) is 0 Å². The molecule has 0 heterocycles. The first-order valence-electron chi connectivity index (χ1n) is 4.22. The van der Waals surface area contributed by atoms with Crippen molar-refractivity contribution in [3.8, 4) is 5.75 Å². The van der Waals surface area contributed by atoms with E-state index in [1.54, 1.807) is 0 Å². The van der Waals surface area contributed by atoms with Gasteiger partial charge in [0.2, 0.25) is 0 Å². The van der Waals surface area contributed by atoms with Crippen molar-refractivity contribution >= 4 is 5.78 Å². The molecule has 0 aliphatic rings. The van der Waals surface area contributed by atoms with Crippen LogP contribution in [0.15, 0.2) is 30.3 Å². The molecule has 1 aromatic carbocycles. The molecule has 0 saturated carbocycles. The SMILES string of the molecule is NCCC(=O)COc1ccccc1. The third kappa shape index (κ3) is 3.71. The quantitative estimate of drug-likeness (QED) is 0.733. The fourth-order valence-electron chi connectivity index (χ4n) is 0.914. The summed E-state index contributed by atoms with van der Waals surface area (Å²) >= 11 is 0. The van der Waals surface area contributed by atoms with Gasteiger partial charge in [0.1, 0.15) is 12.4 Å². The number of carbonyl (C=O) groups excluding carboxylic acids is 1. The van der Waals surface area contributed by atoms with Crippen LogP contribution in [0.2, 0.25) is 0 Å². The molecule has 0 bridgehead atoms. The minimum absolute atomic E-state index is 0.0337. The van der Waals surface area contributed by atoms with E-state index in [9.17, 15) is 4.79 Å². The van der Waals surface area contributed by atoms with E-state index in [4.69, 9.17) is 10.5 Å². The summed E-state index contributed by atoms with van der Waals surface area (Å²) in [5.41, 5.74) is 5.22. The van der Waals surface area contributed by atoms with Crippen LogP contribution in [0.3, 0.4) is 0 Å². The lowest BCUT2D eigenvalue weighted by atomic mass is 10.3. The van der Waals surface area contributed by atoms with Crippen LogP contribution in [0.25, 0.3) is 0 Å². The summed E-state index contributed by atoms with van der Waals surface area (Å²) in [7, 11) is 0. The number of para-hydroxylation sites is 1. The highest BCUT2D eigenvalue weighted by Gasteiger charge is 2.00. The highest BCUT2D eigenvalue weighted by atomic mass is 16.5. The Labute approximate surface area is 77.5 Å². The van der Waals surface area contributed by atoms with Crippen molar-refractivity contribution in [3.63, 3.8) is 0 Å². The Bertz CT molecular complexity index is 259. The lowest BCUT2D eigenvalue weighted by Gasteiger charge is -2.03. The molecular weight excluding hydrogens is 166 g/mol. The van der Waals surface area contributed by atoms with Crippen LogP contribution < -0.4 is 10.5 Å². The van der Waals surface area contributed by atoms with Crippen molar-refractivity contribution in [2.75, 3.05) is 13.2 Å². The largest absolute Gasteiger partial charge is 0.486 e. The standard InChI is InChI=1S/C10H13NO2/c11-7-6-9(12)8-13-10-4-2-1-3-5-10/h1-5H,6-8,11H2. The molecule has 0 aliphatic carbocycles. The fourth-order valence-corrected chi connectivity index (χ4v) is 0.914. The minimum Gasteiger partial charge on any atom is -0.486 e. The second-order valence-electron chi connectivity index (χ2n) is 2.68. The zero-order valence-corrected chi connectivity index (χ0v) is 7.40. The van der Waals surface area contributed by atoms with Crippen molar-refractivity contribution in [2.45, 2.75) is 6.42 Å². The zero-order chi connectivity index (χ0) is 9.52. The van der Waals surface area contributed by atoms with Crippen LogP contribution in [-0.2, 0) is 4.79 Å². The van der Waals surface area contributed by atoms with Crippen molar-refractivity contribution in [1.29, 1.82) is 0 Å². The van der Waals surface area contributed by atoms with E-state index in [1.807, 2.05) is 30.3 Å². The highest BCUT2D eigenvalue weighted by molar-refractivity contribution is 5.80. The predicted octanol–water partition coefficient (Wildman–Crippen LogP) is 0.983. The molecule has 1 rings (SSSR count). The average Bonchev–Trinajstić information content (AvgIpc) is 2.17. The molecule has 1 aromatic rings. The summed E-state index contributed by atoms with van der Waals surface area (Å²) < 4.78 is 5.22. The van der Waals surface area contributed by atoms with Crippen LogP contribution in [0, 0.1) is 0 Å². The van der Waals surface area contributed by atoms with Gasteiger partial charge in [0.15, 0.2) is 5.78 Å². The topological polar surface area (TPSA) is 52.3 Å². The van der Waals surface area contributed by atoms with Gasteiger partial charge in [0, 0.05) is 6.42 Å². The number of carbonyl (C=O) groups is 1. The van der Waals surface area contributed by atoms with Gasteiger partial charge in [-0.3, -0.25) is 4.79 Å². The number of nitrogens with two attached hydrogens (primary N) is 1. The lowest BCUT2D eigenvalue weighted by molar-refractivity contribution is -0.120. The van der Waals surface area contributed by atoms with Crippen LogP contribution >= 0.6 is 0 Å². The van der Waals surface area contributed by atoms with Crippen LogP contribution in [0.5, 0.6) is 5.75 Å². The molecule has 0 unspecified atom stereocenters. The van der Waals surface area contributed by atoms with E-state index in [2.05, 4.69) is 0 Å². The first kappa shape index (κ1) is 9.74. The summed E-state index contributed by atoms with van der Waals surface area (Å²) in [6.07, 6.45) is 0.382. The van der Waals surface area contributed by atoms with Gasteiger partial charge in [-0.1, -0.05) is 18.2 Å². The number of ketones is 1. The third-order valence-corrected chi connectivity index (χ3v) is 1.57. The lowest BCUT2D eigenvalue weighted by Crippen LogP contribution is -2.15. The monoisotopic (exact) mass is 179 g/mol. The summed E-state index contributed by atoms with van der Waals surface area (Å²) in [6.45, 7) is 0.498. The number of Topliss-reactive ketones (excluding diaryl/α,β-unsaturated/α-hetero) is 1. The Morgan fingerprint density at radius 1 is 1.31 bits per heavy atom. The van der Waals surface area contributed by atoms with Crippen molar-refractivity contribution in [1.82, 2.24) is 0 Å². The number of benzene rings is 1. The van der Waals surface area contributed by atoms with E-state index in [-0.39, 0.29) is 12.4 Å². The molecule has 0 amide bonds. The van der Waals surface area contributed by atoms with Gasteiger partial charge in [-0.2, -0.15) is 0 Å². The number of rotatable bonds is 5. The summed E-state index contributed by atoms with van der Waals surface area (Å²) in [4.78, 5) is 11.0. The first-order valence-corrected chi connectivity index (χ1v) is 4.22. The molecule has 2 N–H and O–H groups in total. The second kappa shape index (κ2) is 5.32. The molecule has 3 heteroatoms. The minimum atomic E-state index is 0.0337. The Kier molecular flexibility index (Phi) is 3.99. The molecule has 0 atom stereocenters. The fraction of sp³-hybridized carbons (Fsp3) is 0.300. The molecule has 0 fully saturated rings. The van der Waals surface area contributed by atoms with E-state index >= 15 is 0 Å². The van der Waals surface area contributed by atoms with Crippen LogP contribution in [0.1, 0.15) is 6.42 Å². The number of hydrogen-bond donors (Lipinski definition) is 1. The van der Waals surface area contributed by atoms with Gasteiger partial charge >= 0.3 is 0 Å². The molecule has 0 radical (unpaired) electrons. The van der Waals surface area contributed by atoms with Gasteiger partial charge in [0.05, 0.1) is 0 Å². The van der Waals surface area contributed by atoms with Crippen molar-refractivity contribution in [3.05, 3.63) is 30.3 Å². The smallest absolute Gasteiger partial charge is 0.171 e. The maximum Gasteiger partial charge on any atom is 0.171 e. The zero-order valence-electron chi connectivity index (χ0n) is 7.40. The van der Waals surface area contributed by atoms with Gasteiger partial charge in [-0.15, -0.1) is 0 Å². The van der Waals surface area contributed by atoms with E-state index in [0.29, 0.717) is 18.7 Å². The van der Waals surface area contributed by atoms with E-state index < -0.39 is 0 Å².